The van der Waals surface area contributed by atoms with Gasteiger partial charge in [-0.25, -0.2) is 0 Å². The summed E-state index contributed by atoms with van der Waals surface area (Å²) >= 11 is 6.40. The molecular formula is C22H32ClN3O2. The molecule has 1 aromatic rings. The molecule has 6 heteroatoms. The van der Waals surface area contributed by atoms with E-state index < -0.39 is 0 Å². The minimum absolute atomic E-state index is 0.0863. The van der Waals surface area contributed by atoms with Crippen molar-refractivity contribution in [3.63, 3.8) is 0 Å². The largest absolute Gasteiger partial charge is 0.371 e. The fourth-order valence-corrected chi connectivity index (χ4v) is 4.66. The highest BCUT2D eigenvalue weighted by Crippen LogP contribution is 2.61. The maximum atomic E-state index is 12.2. The van der Waals surface area contributed by atoms with Gasteiger partial charge in [0.15, 0.2) is 0 Å². The van der Waals surface area contributed by atoms with Gasteiger partial charge in [-0.1, -0.05) is 11.6 Å². The SMILES string of the molecule is CC(=O)N(C)CCC1CC12CCN(c1ccc(C(=O)NC(C)C)c(Cl)c1)CC2. The maximum absolute atomic E-state index is 12.2. The van der Waals surface area contributed by atoms with Crippen LogP contribution in [-0.4, -0.2) is 49.4 Å². The first kappa shape index (κ1) is 21.0. The number of nitrogens with zero attached hydrogens (tertiary/aromatic N) is 2. The van der Waals surface area contributed by atoms with Crippen LogP contribution in [0.15, 0.2) is 18.2 Å². The Morgan fingerprint density at radius 3 is 2.57 bits per heavy atom. The molecule has 0 aromatic heterocycles. The fraction of sp³-hybridized carbons (Fsp3) is 0.636. The average Bonchev–Trinajstić information content (AvgIpc) is 3.31. The number of rotatable bonds is 6. The Hall–Kier alpha value is -1.75. The first-order valence-corrected chi connectivity index (χ1v) is 10.7. The highest BCUT2D eigenvalue weighted by atomic mass is 35.5. The molecule has 1 aliphatic heterocycles. The number of amides is 2. The van der Waals surface area contributed by atoms with Crippen molar-refractivity contribution in [2.75, 3.05) is 31.6 Å². The van der Waals surface area contributed by atoms with Crippen LogP contribution in [0.25, 0.3) is 0 Å². The zero-order chi connectivity index (χ0) is 20.5. The summed E-state index contributed by atoms with van der Waals surface area (Å²) in [5, 5.41) is 3.39. The second kappa shape index (κ2) is 8.32. The first-order chi connectivity index (χ1) is 13.2. The van der Waals surface area contributed by atoms with Crippen molar-refractivity contribution in [1.29, 1.82) is 0 Å². The summed E-state index contributed by atoms with van der Waals surface area (Å²) in [6.07, 6.45) is 4.78. The van der Waals surface area contributed by atoms with E-state index in [2.05, 4.69) is 10.2 Å². The van der Waals surface area contributed by atoms with Crippen LogP contribution in [-0.2, 0) is 4.79 Å². The van der Waals surface area contributed by atoms with Crippen LogP contribution in [0.3, 0.4) is 0 Å². The van der Waals surface area contributed by atoms with E-state index in [-0.39, 0.29) is 17.9 Å². The van der Waals surface area contributed by atoms with Crippen LogP contribution in [0, 0.1) is 11.3 Å². The zero-order valence-electron chi connectivity index (χ0n) is 17.4. The highest BCUT2D eigenvalue weighted by molar-refractivity contribution is 6.34. The van der Waals surface area contributed by atoms with Gasteiger partial charge in [-0.05, 0) is 69.1 Å². The van der Waals surface area contributed by atoms with Crippen molar-refractivity contribution < 1.29 is 9.59 Å². The predicted octanol–water partition coefficient (Wildman–Crippen LogP) is 3.95. The van der Waals surface area contributed by atoms with E-state index >= 15 is 0 Å². The van der Waals surface area contributed by atoms with Crippen molar-refractivity contribution in [2.45, 2.75) is 52.5 Å². The lowest BCUT2D eigenvalue weighted by molar-refractivity contribution is -0.127. The lowest BCUT2D eigenvalue weighted by Gasteiger charge is -2.35. The summed E-state index contributed by atoms with van der Waals surface area (Å²) in [4.78, 5) is 27.8. The van der Waals surface area contributed by atoms with Gasteiger partial charge < -0.3 is 15.1 Å². The van der Waals surface area contributed by atoms with Gasteiger partial charge in [0.1, 0.15) is 0 Å². The number of nitrogens with one attached hydrogen (secondary N) is 1. The first-order valence-electron chi connectivity index (χ1n) is 10.3. The summed E-state index contributed by atoms with van der Waals surface area (Å²) < 4.78 is 0. The molecule has 2 amide bonds. The third kappa shape index (κ3) is 4.62. The summed E-state index contributed by atoms with van der Waals surface area (Å²) in [6, 6.07) is 5.84. The van der Waals surface area contributed by atoms with E-state index in [9.17, 15) is 9.59 Å². The molecule has 1 unspecified atom stereocenters. The number of benzene rings is 1. The molecule has 1 aliphatic carbocycles. The Morgan fingerprint density at radius 2 is 2.00 bits per heavy atom. The minimum atomic E-state index is -0.125. The molecule has 1 aromatic carbocycles. The fourth-order valence-electron chi connectivity index (χ4n) is 4.39. The lowest BCUT2D eigenvalue weighted by Crippen LogP contribution is -2.35. The Bertz CT molecular complexity index is 741. The van der Waals surface area contributed by atoms with Crippen molar-refractivity contribution in [3.05, 3.63) is 28.8 Å². The normalized spacial score (nSPS) is 20.4. The molecule has 2 fully saturated rings. The number of hydrogen-bond donors (Lipinski definition) is 1. The average molecular weight is 406 g/mol. The molecule has 1 heterocycles. The van der Waals surface area contributed by atoms with Crippen LogP contribution in [0.5, 0.6) is 0 Å². The van der Waals surface area contributed by atoms with E-state index in [0.717, 1.165) is 37.7 Å². The molecule has 1 N–H and O–H groups in total. The Labute approximate surface area is 173 Å². The quantitative estimate of drug-likeness (QED) is 0.779. The summed E-state index contributed by atoms with van der Waals surface area (Å²) in [5.74, 6) is 0.773. The summed E-state index contributed by atoms with van der Waals surface area (Å²) in [7, 11) is 1.88. The van der Waals surface area contributed by atoms with Gasteiger partial charge in [0, 0.05) is 45.3 Å². The van der Waals surface area contributed by atoms with Crippen LogP contribution in [0.4, 0.5) is 5.69 Å². The molecule has 1 atom stereocenters. The van der Waals surface area contributed by atoms with Gasteiger partial charge in [-0.15, -0.1) is 0 Å². The molecule has 1 saturated carbocycles. The second-order valence-corrected chi connectivity index (χ2v) is 9.18. The monoisotopic (exact) mass is 405 g/mol. The molecule has 154 valence electrons. The number of carbonyl (C=O) groups excluding carboxylic acids is 2. The number of piperidine rings is 1. The molecule has 0 bridgehead atoms. The molecular weight excluding hydrogens is 374 g/mol. The smallest absolute Gasteiger partial charge is 0.252 e. The van der Waals surface area contributed by atoms with Gasteiger partial charge in [0.05, 0.1) is 10.6 Å². The number of hydrogen-bond acceptors (Lipinski definition) is 3. The van der Waals surface area contributed by atoms with E-state index in [1.807, 2.05) is 44.0 Å². The number of anilines is 1. The third-order valence-electron chi connectivity index (χ3n) is 6.45. The number of carbonyl (C=O) groups is 2. The van der Waals surface area contributed by atoms with E-state index in [4.69, 9.17) is 11.6 Å². The van der Waals surface area contributed by atoms with Crippen molar-refractivity contribution in [2.24, 2.45) is 11.3 Å². The second-order valence-electron chi connectivity index (χ2n) is 8.77. The van der Waals surface area contributed by atoms with Crippen molar-refractivity contribution in [1.82, 2.24) is 10.2 Å². The molecule has 2 aliphatic rings. The van der Waals surface area contributed by atoms with Crippen LogP contribution in [0.2, 0.25) is 5.02 Å². The van der Waals surface area contributed by atoms with Gasteiger partial charge >= 0.3 is 0 Å². The minimum Gasteiger partial charge on any atom is -0.371 e. The molecule has 0 radical (unpaired) electrons. The molecule has 5 nitrogen and oxygen atoms in total. The van der Waals surface area contributed by atoms with Gasteiger partial charge in [-0.3, -0.25) is 9.59 Å². The number of halogens is 1. The lowest BCUT2D eigenvalue weighted by atomic mass is 9.89. The Balaban J connectivity index is 1.54. The van der Waals surface area contributed by atoms with Gasteiger partial charge in [0.25, 0.3) is 5.91 Å². The highest BCUT2D eigenvalue weighted by Gasteiger charge is 2.54. The molecule has 28 heavy (non-hydrogen) atoms. The van der Waals surface area contributed by atoms with Gasteiger partial charge in [0.2, 0.25) is 5.91 Å². The summed E-state index contributed by atoms with van der Waals surface area (Å²) in [6.45, 7) is 8.41. The Morgan fingerprint density at radius 1 is 1.32 bits per heavy atom. The molecule has 3 rings (SSSR count). The maximum Gasteiger partial charge on any atom is 0.252 e. The molecule has 1 saturated heterocycles. The van der Waals surface area contributed by atoms with Crippen LogP contribution < -0.4 is 10.2 Å². The van der Waals surface area contributed by atoms with Crippen LogP contribution in [0.1, 0.15) is 56.8 Å². The van der Waals surface area contributed by atoms with E-state index in [1.165, 1.54) is 19.3 Å². The standard InChI is InChI=1S/C22H32ClN3O2/c1-15(2)24-21(28)19-6-5-18(13-20(19)23)26-11-8-22(9-12-26)14-17(22)7-10-25(4)16(3)27/h5-6,13,15,17H,7-12,14H2,1-4H3,(H,24,28). The predicted molar refractivity (Wildman–Crippen MR) is 114 cm³/mol. The van der Waals surface area contributed by atoms with Crippen molar-refractivity contribution in [3.8, 4) is 0 Å². The molecule has 1 spiro atoms. The van der Waals surface area contributed by atoms with Crippen molar-refractivity contribution >= 4 is 29.1 Å². The van der Waals surface area contributed by atoms with E-state index in [0.29, 0.717) is 16.0 Å². The zero-order valence-corrected chi connectivity index (χ0v) is 18.2. The summed E-state index contributed by atoms with van der Waals surface area (Å²) in [5.41, 5.74) is 2.11. The van der Waals surface area contributed by atoms with Gasteiger partial charge in [-0.2, -0.15) is 0 Å². The Kier molecular flexibility index (Phi) is 6.23. The topological polar surface area (TPSA) is 52.7 Å². The van der Waals surface area contributed by atoms with Crippen LogP contribution >= 0.6 is 11.6 Å². The van der Waals surface area contributed by atoms with E-state index in [1.54, 1.807) is 6.92 Å². The third-order valence-corrected chi connectivity index (χ3v) is 6.76.